The standard InChI is InChI=1S/C16H18BrNO2/c1-11-8-12(4-6-15(11)19-2)10-18-13-5-7-16(20-3)14(17)9-13/h4-9,18H,10H2,1-3H3. The molecule has 0 spiro atoms. The smallest absolute Gasteiger partial charge is 0.133 e. The average Bonchev–Trinajstić information content (AvgIpc) is 2.45. The number of hydrogen-bond donors (Lipinski definition) is 1. The lowest BCUT2D eigenvalue weighted by atomic mass is 10.1. The first-order chi connectivity index (χ1) is 9.63. The van der Waals surface area contributed by atoms with Crippen molar-refractivity contribution < 1.29 is 9.47 Å². The summed E-state index contributed by atoms with van der Waals surface area (Å²) in [5.41, 5.74) is 3.41. The molecule has 0 heterocycles. The van der Waals surface area contributed by atoms with Gasteiger partial charge in [0.1, 0.15) is 11.5 Å². The third-order valence-electron chi connectivity index (χ3n) is 3.11. The Hall–Kier alpha value is -1.68. The van der Waals surface area contributed by atoms with Crippen molar-refractivity contribution >= 4 is 21.6 Å². The zero-order chi connectivity index (χ0) is 14.5. The molecule has 2 rings (SSSR count). The number of hydrogen-bond acceptors (Lipinski definition) is 3. The minimum atomic E-state index is 0.767. The van der Waals surface area contributed by atoms with Gasteiger partial charge in [-0.05, 0) is 58.2 Å². The van der Waals surface area contributed by atoms with Gasteiger partial charge in [-0.25, -0.2) is 0 Å². The first-order valence-corrected chi connectivity index (χ1v) is 7.14. The van der Waals surface area contributed by atoms with Gasteiger partial charge < -0.3 is 14.8 Å². The first-order valence-electron chi connectivity index (χ1n) is 6.35. The Morgan fingerprint density at radius 2 is 1.70 bits per heavy atom. The topological polar surface area (TPSA) is 30.5 Å². The van der Waals surface area contributed by atoms with Crippen molar-refractivity contribution in [1.29, 1.82) is 0 Å². The summed E-state index contributed by atoms with van der Waals surface area (Å²) in [6, 6.07) is 12.1. The minimum Gasteiger partial charge on any atom is -0.496 e. The molecule has 0 aliphatic rings. The minimum absolute atomic E-state index is 0.767. The van der Waals surface area contributed by atoms with Gasteiger partial charge in [0.2, 0.25) is 0 Å². The van der Waals surface area contributed by atoms with Crippen molar-refractivity contribution in [1.82, 2.24) is 0 Å². The van der Waals surface area contributed by atoms with Crippen LogP contribution in [0.3, 0.4) is 0 Å². The van der Waals surface area contributed by atoms with Crippen molar-refractivity contribution in [3.05, 3.63) is 52.0 Å². The molecule has 0 aliphatic heterocycles. The van der Waals surface area contributed by atoms with Crippen LogP contribution >= 0.6 is 15.9 Å². The van der Waals surface area contributed by atoms with E-state index in [1.807, 2.05) is 31.2 Å². The zero-order valence-corrected chi connectivity index (χ0v) is 13.5. The van der Waals surface area contributed by atoms with Crippen LogP contribution in [0.25, 0.3) is 0 Å². The summed E-state index contributed by atoms with van der Waals surface area (Å²) < 4.78 is 11.4. The third-order valence-corrected chi connectivity index (χ3v) is 3.73. The van der Waals surface area contributed by atoms with Crippen LogP contribution in [-0.4, -0.2) is 14.2 Å². The molecule has 4 heteroatoms. The summed E-state index contributed by atoms with van der Waals surface area (Å²) in [6.07, 6.45) is 0. The van der Waals surface area contributed by atoms with E-state index in [1.54, 1.807) is 14.2 Å². The highest BCUT2D eigenvalue weighted by Gasteiger charge is 2.03. The molecule has 0 amide bonds. The largest absolute Gasteiger partial charge is 0.496 e. The van der Waals surface area contributed by atoms with Crippen LogP contribution in [0, 0.1) is 6.92 Å². The number of methoxy groups -OCH3 is 2. The van der Waals surface area contributed by atoms with Crippen molar-refractivity contribution in [3.8, 4) is 11.5 Å². The Balaban J connectivity index is 2.05. The number of aryl methyl sites for hydroxylation is 1. The summed E-state index contributed by atoms with van der Waals surface area (Å²) in [6.45, 7) is 2.82. The Labute approximate surface area is 128 Å². The summed E-state index contributed by atoms with van der Waals surface area (Å²) in [4.78, 5) is 0. The predicted octanol–water partition coefficient (Wildman–Crippen LogP) is 4.39. The Kier molecular flexibility index (Phi) is 4.90. The maximum Gasteiger partial charge on any atom is 0.133 e. The molecule has 2 aromatic carbocycles. The molecule has 0 radical (unpaired) electrons. The molecule has 0 saturated heterocycles. The molecule has 0 bridgehead atoms. The first kappa shape index (κ1) is 14.7. The molecule has 20 heavy (non-hydrogen) atoms. The highest BCUT2D eigenvalue weighted by molar-refractivity contribution is 9.10. The summed E-state index contributed by atoms with van der Waals surface area (Å²) in [5.74, 6) is 1.75. The number of nitrogens with one attached hydrogen (secondary N) is 1. The fraction of sp³-hybridized carbons (Fsp3) is 0.250. The molecule has 0 atom stereocenters. The fourth-order valence-corrected chi connectivity index (χ4v) is 2.57. The summed E-state index contributed by atoms with van der Waals surface area (Å²) in [5, 5.41) is 3.39. The quantitative estimate of drug-likeness (QED) is 0.879. The van der Waals surface area contributed by atoms with Crippen LogP contribution in [0.4, 0.5) is 5.69 Å². The van der Waals surface area contributed by atoms with E-state index < -0.39 is 0 Å². The van der Waals surface area contributed by atoms with E-state index in [1.165, 1.54) is 5.56 Å². The second-order valence-corrected chi connectivity index (χ2v) is 5.36. The fourth-order valence-electron chi connectivity index (χ4n) is 2.03. The molecule has 1 N–H and O–H groups in total. The highest BCUT2D eigenvalue weighted by Crippen LogP contribution is 2.28. The van der Waals surface area contributed by atoms with Crippen molar-refractivity contribution in [2.24, 2.45) is 0 Å². The lowest BCUT2D eigenvalue weighted by Gasteiger charge is -2.11. The van der Waals surface area contributed by atoms with Gasteiger partial charge in [-0.15, -0.1) is 0 Å². The molecule has 0 aromatic heterocycles. The Morgan fingerprint density at radius 3 is 2.30 bits per heavy atom. The van der Waals surface area contributed by atoms with Gasteiger partial charge >= 0.3 is 0 Å². The SMILES string of the molecule is COc1ccc(CNc2ccc(OC)c(Br)c2)cc1C. The van der Waals surface area contributed by atoms with E-state index in [9.17, 15) is 0 Å². The van der Waals surface area contributed by atoms with Crippen LogP contribution in [-0.2, 0) is 6.54 Å². The molecule has 2 aromatic rings. The van der Waals surface area contributed by atoms with E-state index in [4.69, 9.17) is 9.47 Å². The van der Waals surface area contributed by atoms with Crippen molar-refractivity contribution in [2.45, 2.75) is 13.5 Å². The number of halogens is 1. The summed E-state index contributed by atoms with van der Waals surface area (Å²) >= 11 is 3.48. The Morgan fingerprint density at radius 1 is 1.00 bits per heavy atom. The van der Waals surface area contributed by atoms with Gasteiger partial charge in [-0.3, -0.25) is 0 Å². The van der Waals surface area contributed by atoms with Gasteiger partial charge in [0.05, 0.1) is 18.7 Å². The van der Waals surface area contributed by atoms with E-state index in [0.29, 0.717) is 0 Å². The second-order valence-electron chi connectivity index (χ2n) is 4.51. The van der Waals surface area contributed by atoms with Crippen molar-refractivity contribution in [2.75, 3.05) is 19.5 Å². The van der Waals surface area contributed by atoms with Gasteiger partial charge in [-0.1, -0.05) is 12.1 Å². The summed E-state index contributed by atoms with van der Waals surface area (Å²) in [7, 11) is 3.35. The van der Waals surface area contributed by atoms with Gasteiger partial charge in [0, 0.05) is 12.2 Å². The maximum absolute atomic E-state index is 5.26. The molecule has 0 unspecified atom stereocenters. The Bertz CT molecular complexity index is 546. The maximum atomic E-state index is 5.26. The van der Waals surface area contributed by atoms with Crippen LogP contribution in [0.1, 0.15) is 11.1 Å². The zero-order valence-electron chi connectivity index (χ0n) is 11.9. The van der Waals surface area contributed by atoms with Crippen LogP contribution in [0.15, 0.2) is 40.9 Å². The van der Waals surface area contributed by atoms with E-state index in [-0.39, 0.29) is 0 Å². The van der Waals surface area contributed by atoms with Crippen molar-refractivity contribution in [3.63, 3.8) is 0 Å². The van der Waals surface area contributed by atoms with Crippen LogP contribution < -0.4 is 14.8 Å². The molecular weight excluding hydrogens is 318 g/mol. The van der Waals surface area contributed by atoms with Gasteiger partial charge in [0.25, 0.3) is 0 Å². The lowest BCUT2D eigenvalue weighted by molar-refractivity contribution is 0.411. The molecule has 3 nitrogen and oxygen atoms in total. The lowest BCUT2D eigenvalue weighted by Crippen LogP contribution is -2.00. The van der Waals surface area contributed by atoms with Crippen LogP contribution in [0.5, 0.6) is 11.5 Å². The highest BCUT2D eigenvalue weighted by atomic mass is 79.9. The second kappa shape index (κ2) is 6.66. The van der Waals surface area contributed by atoms with Gasteiger partial charge in [0.15, 0.2) is 0 Å². The molecule has 0 fully saturated rings. The molecular formula is C16H18BrNO2. The molecule has 106 valence electrons. The number of anilines is 1. The normalized spacial score (nSPS) is 10.2. The number of rotatable bonds is 5. The average molecular weight is 336 g/mol. The van der Waals surface area contributed by atoms with Crippen LogP contribution in [0.2, 0.25) is 0 Å². The predicted molar refractivity (Wildman–Crippen MR) is 85.8 cm³/mol. The van der Waals surface area contributed by atoms with Gasteiger partial charge in [-0.2, -0.15) is 0 Å². The monoisotopic (exact) mass is 335 g/mol. The van der Waals surface area contributed by atoms with E-state index >= 15 is 0 Å². The third kappa shape index (κ3) is 3.45. The molecule has 0 saturated carbocycles. The van der Waals surface area contributed by atoms with E-state index in [0.717, 1.165) is 33.8 Å². The van der Waals surface area contributed by atoms with E-state index in [2.05, 4.69) is 33.4 Å². The number of ether oxygens (including phenoxy) is 2. The number of benzene rings is 2. The molecule has 0 aliphatic carbocycles.